The molecule has 0 bridgehead atoms. The van der Waals surface area contributed by atoms with Crippen LogP contribution in [0, 0.1) is 6.92 Å². The highest BCUT2D eigenvalue weighted by Crippen LogP contribution is 2.26. The Morgan fingerprint density at radius 3 is 2.85 bits per heavy atom. The number of nitrogens with zero attached hydrogens (tertiary/aromatic N) is 1. The topological polar surface area (TPSA) is 41.6 Å². The lowest BCUT2D eigenvalue weighted by atomic mass is 10.0. The van der Waals surface area contributed by atoms with E-state index >= 15 is 0 Å². The number of carbonyl (C=O) groups excluding carboxylic acids is 1. The number of rotatable bonds is 6. The van der Waals surface area contributed by atoms with E-state index in [0.29, 0.717) is 0 Å². The Labute approximate surface area is 166 Å². The second-order valence-electron chi connectivity index (χ2n) is 7.24. The lowest BCUT2D eigenvalue weighted by Gasteiger charge is -2.33. The lowest BCUT2D eigenvalue weighted by molar-refractivity contribution is -0.125. The Hall–Kier alpha value is -1.88. The summed E-state index contributed by atoms with van der Waals surface area (Å²) < 4.78 is 4.90. The van der Waals surface area contributed by atoms with Crippen LogP contribution in [0.15, 0.2) is 42.5 Å². The Balaban J connectivity index is 1.65. The minimum absolute atomic E-state index is 0.0393. The first-order valence-electron chi connectivity index (χ1n) is 9.41. The number of methoxy groups -OCH3 is 1. The van der Waals surface area contributed by atoms with E-state index in [2.05, 4.69) is 46.6 Å². The van der Waals surface area contributed by atoms with Gasteiger partial charge in [-0.2, -0.15) is 0 Å². The SMILES string of the molecule is COCC(=O)NC1CCCN(Cc2cccc(-c3ccc(C)c(Cl)c3)c2)C1. The largest absolute Gasteiger partial charge is 0.375 e. The van der Waals surface area contributed by atoms with E-state index in [1.165, 1.54) is 11.1 Å². The normalized spacial score (nSPS) is 17.7. The molecule has 5 heteroatoms. The van der Waals surface area contributed by atoms with E-state index in [1.807, 2.05) is 13.0 Å². The molecular formula is C22H27ClN2O2. The van der Waals surface area contributed by atoms with Gasteiger partial charge < -0.3 is 10.1 Å². The van der Waals surface area contributed by atoms with Gasteiger partial charge in [0.2, 0.25) is 5.91 Å². The van der Waals surface area contributed by atoms with Crippen molar-refractivity contribution in [3.63, 3.8) is 0 Å². The first kappa shape index (κ1) is 19.9. The fourth-order valence-electron chi connectivity index (χ4n) is 3.60. The van der Waals surface area contributed by atoms with E-state index in [1.54, 1.807) is 7.11 Å². The number of benzene rings is 2. The Morgan fingerprint density at radius 1 is 1.26 bits per heavy atom. The molecule has 1 fully saturated rings. The van der Waals surface area contributed by atoms with Crippen molar-refractivity contribution in [1.29, 1.82) is 0 Å². The van der Waals surface area contributed by atoms with Gasteiger partial charge in [-0.15, -0.1) is 0 Å². The van der Waals surface area contributed by atoms with Crippen molar-refractivity contribution in [3.05, 3.63) is 58.6 Å². The van der Waals surface area contributed by atoms with E-state index in [4.69, 9.17) is 16.3 Å². The fraction of sp³-hybridized carbons (Fsp3) is 0.409. The molecular weight excluding hydrogens is 360 g/mol. The van der Waals surface area contributed by atoms with Gasteiger partial charge in [0.05, 0.1) is 0 Å². The molecule has 0 radical (unpaired) electrons. The highest BCUT2D eigenvalue weighted by atomic mass is 35.5. The zero-order chi connectivity index (χ0) is 19.2. The summed E-state index contributed by atoms with van der Waals surface area (Å²) in [4.78, 5) is 14.2. The number of piperidine rings is 1. The van der Waals surface area contributed by atoms with Crippen molar-refractivity contribution in [2.45, 2.75) is 32.4 Å². The number of carbonyl (C=O) groups is 1. The number of likely N-dealkylation sites (tertiary alicyclic amines) is 1. The van der Waals surface area contributed by atoms with E-state index in [-0.39, 0.29) is 18.6 Å². The van der Waals surface area contributed by atoms with Gasteiger partial charge in [-0.05, 0) is 60.7 Å². The van der Waals surface area contributed by atoms with E-state index in [9.17, 15) is 4.79 Å². The number of amides is 1. The van der Waals surface area contributed by atoms with Crippen LogP contribution in [-0.2, 0) is 16.1 Å². The van der Waals surface area contributed by atoms with Crippen LogP contribution in [0.4, 0.5) is 0 Å². The van der Waals surface area contributed by atoms with Crippen molar-refractivity contribution in [2.75, 3.05) is 26.8 Å². The predicted molar refractivity (Wildman–Crippen MR) is 110 cm³/mol. The first-order chi connectivity index (χ1) is 13.0. The molecule has 1 atom stereocenters. The number of aryl methyl sites for hydroxylation is 1. The number of ether oxygens (including phenoxy) is 1. The van der Waals surface area contributed by atoms with Crippen molar-refractivity contribution in [3.8, 4) is 11.1 Å². The first-order valence-corrected chi connectivity index (χ1v) is 9.79. The standard InChI is InChI=1S/C22H27ClN2O2/c1-16-8-9-19(12-21(16)23)18-6-3-5-17(11-18)13-25-10-4-7-20(14-25)24-22(26)15-27-2/h3,5-6,8-9,11-12,20H,4,7,10,13-15H2,1-2H3,(H,24,26). The molecule has 2 aromatic carbocycles. The van der Waals surface area contributed by atoms with Gasteiger partial charge >= 0.3 is 0 Å². The molecule has 1 amide bonds. The third kappa shape index (κ3) is 5.55. The van der Waals surface area contributed by atoms with Crippen molar-refractivity contribution in [1.82, 2.24) is 10.2 Å². The van der Waals surface area contributed by atoms with Crippen LogP contribution in [0.5, 0.6) is 0 Å². The van der Waals surface area contributed by atoms with Gasteiger partial charge in [0.1, 0.15) is 6.61 Å². The minimum Gasteiger partial charge on any atom is -0.375 e. The zero-order valence-corrected chi connectivity index (χ0v) is 16.8. The van der Waals surface area contributed by atoms with Crippen LogP contribution >= 0.6 is 11.6 Å². The van der Waals surface area contributed by atoms with Gasteiger partial charge in [0, 0.05) is 31.3 Å². The monoisotopic (exact) mass is 386 g/mol. The number of nitrogens with one attached hydrogen (secondary N) is 1. The summed E-state index contributed by atoms with van der Waals surface area (Å²) in [5.41, 5.74) is 4.67. The molecule has 1 saturated heterocycles. The fourth-order valence-corrected chi connectivity index (χ4v) is 3.78. The Bertz CT molecular complexity index is 794. The third-order valence-electron chi connectivity index (χ3n) is 4.98. The van der Waals surface area contributed by atoms with E-state index < -0.39 is 0 Å². The number of halogens is 1. The van der Waals surface area contributed by atoms with Crippen LogP contribution in [0.25, 0.3) is 11.1 Å². The Morgan fingerprint density at radius 2 is 2.07 bits per heavy atom. The molecule has 0 aromatic heterocycles. The molecule has 1 aliphatic heterocycles. The molecule has 0 saturated carbocycles. The molecule has 2 aromatic rings. The molecule has 1 heterocycles. The summed E-state index contributed by atoms with van der Waals surface area (Å²) in [6.07, 6.45) is 2.11. The van der Waals surface area contributed by atoms with E-state index in [0.717, 1.165) is 48.6 Å². The zero-order valence-electron chi connectivity index (χ0n) is 16.0. The molecule has 27 heavy (non-hydrogen) atoms. The van der Waals surface area contributed by atoms with Gasteiger partial charge in [-0.1, -0.05) is 41.9 Å². The number of hydrogen-bond acceptors (Lipinski definition) is 3. The summed E-state index contributed by atoms with van der Waals surface area (Å²) in [6.45, 7) is 4.94. The van der Waals surface area contributed by atoms with Crippen molar-refractivity contribution >= 4 is 17.5 Å². The molecule has 4 nitrogen and oxygen atoms in total. The van der Waals surface area contributed by atoms with Gasteiger partial charge in [-0.3, -0.25) is 9.69 Å². The maximum Gasteiger partial charge on any atom is 0.246 e. The smallest absolute Gasteiger partial charge is 0.246 e. The average Bonchev–Trinajstić information content (AvgIpc) is 2.65. The second-order valence-corrected chi connectivity index (χ2v) is 7.65. The molecule has 0 spiro atoms. The van der Waals surface area contributed by atoms with Crippen LogP contribution in [0.2, 0.25) is 5.02 Å². The van der Waals surface area contributed by atoms with Gasteiger partial charge in [-0.25, -0.2) is 0 Å². The second kappa shape index (κ2) is 9.36. The quantitative estimate of drug-likeness (QED) is 0.814. The van der Waals surface area contributed by atoms with Gasteiger partial charge in [0.25, 0.3) is 0 Å². The van der Waals surface area contributed by atoms with Crippen LogP contribution in [-0.4, -0.2) is 43.7 Å². The van der Waals surface area contributed by atoms with Gasteiger partial charge in [0.15, 0.2) is 0 Å². The summed E-state index contributed by atoms with van der Waals surface area (Å²) in [5, 5.41) is 3.86. The molecule has 144 valence electrons. The summed E-state index contributed by atoms with van der Waals surface area (Å²) in [7, 11) is 1.54. The van der Waals surface area contributed by atoms with Crippen LogP contribution in [0.3, 0.4) is 0 Å². The maximum atomic E-state index is 11.8. The third-order valence-corrected chi connectivity index (χ3v) is 5.39. The van der Waals surface area contributed by atoms with Crippen molar-refractivity contribution in [2.24, 2.45) is 0 Å². The highest BCUT2D eigenvalue weighted by Gasteiger charge is 2.21. The highest BCUT2D eigenvalue weighted by molar-refractivity contribution is 6.31. The minimum atomic E-state index is -0.0393. The molecule has 3 rings (SSSR count). The molecule has 1 unspecified atom stereocenters. The Kier molecular flexibility index (Phi) is 6.89. The van der Waals surface area contributed by atoms with Crippen LogP contribution in [0.1, 0.15) is 24.0 Å². The maximum absolute atomic E-state index is 11.8. The average molecular weight is 387 g/mol. The summed E-state index contributed by atoms with van der Waals surface area (Å²) in [5.74, 6) is -0.0393. The lowest BCUT2D eigenvalue weighted by Crippen LogP contribution is -2.48. The number of hydrogen-bond donors (Lipinski definition) is 1. The van der Waals surface area contributed by atoms with Crippen LogP contribution < -0.4 is 5.32 Å². The summed E-state index contributed by atoms with van der Waals surface area (Å²) >= 11 is 6.29. The molecule has 1 aliphatic rings. The molecule has 0 aliphatic carbocycles. The predicted octanol–water partition coefficient (Wildman–Crippen LogP) is 4.04. The van der Waals surface area contributed by atoms with Crippen molar-refractivity contribution < 1.29 is 9.53 Å². The summed E-state index contributed by atoms with van der Waals surface area (Å²) in [6, 6.07) is 15.0. The molecule has 1 N–H and O–H groups in total.